The number of carbonyl (C=O) groups excluding carboxylic acids is 3. The third-order valence-corrected chi connectivity index (χ3v) is 4.92. The predicted octanol–water partition coefficient (Wildman–Crippen LogP) is 3.70. The molecule has 0 saturated carbocycles. The van der Waals surface area contributed by atoms with E-state index in [1.165, 1.54) is 30.3 Å². The van der Waals surface area contributed by atoms with Gasteiger partial charge in [-0.1, -0.05) is 15.9 Å². The summed E-state index contributed by atoms with van der Waals surface area (Å²) >= 11 is 4.10. The number of non-ortho nitro benzene ring substituents is 1. The lowest BCUT2D eigenvalue weighted by atomic mass is 10.2. The average molecular weight is 478 g/mol. The number of anilines is 1. The van der Waals surface area contributed by atoms with Gasteiger partial charge in [-0.2, -0.15) is 0 Å². The molecule has 2 N–H and O–H groups in total. The third kappa shape index (κ3) is 5.42. The number of benzene rings is 2. The van der Waals surface area contributed by atoms with E-state index in [9.17, 15) is 24.5 Å². The molecule has 0 atom stereocenters. The number of amides is 3. The minimum atomic E-state index is -0.533. The molecule has 2 aromatic carbocycles. The Morgan fingerprint density at radius 2 is 1.97 bits per heavy atom. The fraction of sp³-hybridized carbons (Fsp3) is 0.0556. The predicted molar refractivity (Wildman–Crippen MR) is 110 cm³/mol. The van der Waals surface area contributed by atoms with E-state index in [-0.39, 0.29) is 17.2 Å². The molecule has 0 spiro atoms. The highest BCUT2D eigenvalue weighted by Crippen LogP contribution is 2.31. The molecule has 9 nitrogen and oxygen atoms in total. The van der Waals surface area contributed by atoms with Crippen LogP contribution in [0.5, 0.6) is 5.75 Å². The molecule has 1 saturated heterocycles. The molecule has 1 aliphatic rings. The van der Waals surface area contributed by atoms with Crippen molar-refractivity contribution < 1.29 is 24.0 Å². The number of hydrogen-bond donors (Lipinski definition) is 2. The summed E-state index contributed by atoms with van der Waals surface area (Å²) in [5, 5.41) is 14.9. The number of nitro groups is 1. The van der Waals surface area contributed by atoms with Crippen molar-refractivity contribution in [3.63, 3.8) is 0 Å². The van der Waals surface area contributed by atoms with Gasteiger partial charge >= 0.3 is 0 Å². The number of thioether (sulfide) groups is 1. The molecule has 0 aliphatic carbocycles. The monoisotopic (exact) mass is 477 g/mol. The average Bonchev–Trinajstić information content (AvgIpc) is 2.98. The van der Waals surface area contributed by atoms with E-state index in [1.54, 1.807) is 18.2 Å². The zero-order chi connectivity index (χ0) is 21.0. The first kappa shape index (κ1) is 20.6. The molecule has 0 radical (unpaired) electrons. The maximum absolute atomic E-state index is 12.1. The molecule has 3 rings (SSSR count). The van der Waals surface area contributed by atoms with Crippen LogP contribution in [0.4, 0.5) is 16.2 Å². The highest BCUT2D eigenvalue weighted by Gasteiger charge is 2.25. The molecule has 0 unspecified atom stereocenters. The Labute approximate surface area is 176 Å². The van der Waals surface area contributed by atoms with Gasteiger partial charge in [0.25, 0.3) is 22.7 Å². The molecule has 1 aliphatic heterocycles. The van der Waals surface area contributed by atoms with Gasteiger partial charge in [0.05, 0.1) is 9.83 Å². The SMILES string of the molecule is O=C(COc1ccc(Br)cc1/C=C1\SC(=O)NC1=O)Nc1ccc([N+](=O)[O-])cc1. The Balaban J connectivity index is 1.68. The summed E-state index contributed by atoms with van der Waals surface area (Å²) in [6.07, 6.45) is 1.50. The van der Waals surface area contributed by atoms with Gasteiger partial charge in [0.15, 0.2) is 6.61 Å². The van der Waals surface area contributed by atoms with Gasteiger partial charge < -0.3 is 10.1 Å². The molecule has 1 heterocycles. The summed E-state index contributed by atoms with van der Waals surface area (Å²) < 4.78 is 6.27. The number of rotatable bonds is 6. The molecule has 2 aromatic rings. The summed E-state index contributed by atoms with van der Waals surface area (Å²) in [5.74, 6) is -0.627. The number of halogens is 1. The maximum atomic E-state index is 12.1. The molecule has 11 heteroatoms. The Hall–Kier alpha value is -3.18. The van der Waals surface area contributed by atoms with Crippen LogP contribution >= 0.6 is 27.7 Å². The largest absolute Gasteiger partial charge is 0.483 e. The Morgan fingerprint density at radius 3 is 2.59 bits per heavy atom. The molecule has 0 aromatic heterocycles. The van der Waals surface area contributed by atoms with Crippen LogP contribution in [0.25, 0.3) is 6.08 Å². The van der Waals surface area contributed by atoms with Crippen molar-refractivity contribution >= 4 is 62.2 Å². The molecule has 148 valence electrons. The van der Waals surface area contributed by atoms with E-state index in [1.807, 2.05) is 0 Å². The Kier molecular flexibility index (Phi) is 6.29. The van der Waals surface area contributed by atoms with Crippen LogP contribution in [0, 0.1) is 10.1 Å². The highest BCUT2D eigenvalue weighted by molar-refractivity contribution is 9.10. The Morgan fingerprint density at radius 1 is 1.24 bits per heavy atom. The van der Waals surface area contributed by atoms with Crippen molar-refractivity contribution in [3.8, 4) is 5.75 Å². The number of ether oxygens (including phenoxy) is 1. The van der Waals surface area contributed by atoms with E-state index in [0.29, 0.717) is 17.0 Å². The first-order valence-electron chi connectivity index (χ1n) is 8.03. The zero-order valence-corrected chi connectivity index (χ0v) is 16.9. The second-order valence-electron chi connectivity index (χ2n) is 5.68. The van der Waals surface area contributed by atoms with Crippen LogP contribution in [-0.2, 0) is 9.59 Å². The summed E-state index contributed by atoms with van der Waals surface area (Å²) in [7, 11) is 0. The molecule has 0 bridgehead atoms. The second-order valence-corrected chi connectivity index (χ2v) is 7.61. The maximum Gasteiger partial charge on any atom is 0.290 e. The van der Waals surface area contributed by atoms with Crippen LogP contribution < -0.4 is 15.4 Å². The second kappa shape index (κ2) is 8.88. The summed E-state index contributed by atoms with van der Waals surface area (Å²) in [5.41, 5.74) is 0.814. The van der Waals surface area contributed by atoms with Gasteiger partial charge in [-0.05, 0) is 48.2 Å². The number of hydrogen-bond acceptors (Lipinski definition) is 7. The van der Waals surface area contributed by atoms with E-state index in [0.717, 1.165) is 16.2 Å². The van der Waals surface area contributed by atoms with Crippen LogP contribution in [0.1, 0.15) is 5.56 Å². The van der Waals surface area contributed by atoms with Crippen LogP contribution in [0.15, 0.2) is 51.8 Å². The summed E-state index contributed by atoms with van der Waals surface area (Å²) in [6, 6.07) is 10.4. The van der Waals surface area contributed by atoms with Crippen molar-refractivity contribution in [2.75, 3.05) is 11.9 Å². The standard InChI is InChI=1S/C18H12BrN3O6S/c19-11-1-6-14(10(7-11)8-15-17(24)21-18(25)29-15)28-9-16(23)20-12-2-4-13(5-3-12)22(26)27/h1-8H,9H2,(H,20,23)(H,21,24,25)/b15-8-. The first-order chi connectivity index (χ1) is 13.8. The zero-order valence-electron chi connectivity index (χ0n) is 14.5. The molecule has 3 amide bonds. The minimum absolute atomic E-state index is 0.0842. The highest BCUT2D eigenvalue weighted by atomic mass is 79.9. The van der Waals surface area contributed by atoms with Crippen molar-refractivity contribution in [1.29, 1.82) is 0 Å². The number of nitrogens with one attached hydrogen (secondary N) is 2. The summed E-state index contributed by atoms with van der Waals surface area (Å²) in [6.45, 7) is -0.326. The van der Waals surface area contributed by atoms with Crippen LogP contribution in [0.3, 0.4) is 0 Å². The van der Waals surface area contributed by atoms with Crippen molar-refractivity contribution in [2.24, 2.45) is 0 Å². The van der Waals surface area contributed by atoms with Crippen molar-refractivity contribution in [2.45, 2.75) is 0 Å². The van der Waals surface area contributed by atoms with Gasteiger partial charge in [-0.3, -0.25) is 29.8 Å². The molecular formula is C18H12BrN3O6S. The van der Waals surface area contributed by atoms with Gasteiger partial charge in [0.1, 0.15) is 5.75 Å². The van der Waals surface area contributed by atoms with Gasteiger partial charge in [0.2, 0.25) is 0 Å². The van der Waals surface area contributed by atoms with E-state index >= 15 is 0 Å². The molecular weight excluding hydrogens is 466 g/mol. The normalized spacial score (nSPS) is 14.6. The lowest BCUT2D eigenvalue weighted by Gasteiger charge is -2.10. The number of nitro benzene ring substituents is 1. The number of nitrogens with zero attached hydrogens (tertiary/aromatic N) is 1. The van der Waals surface area contributed by atoms with Crippen LogP contribution in [-0.4, -0.2) is 28.6 Å². The van der Waals surface area contributed by atoms with Gasteiger partial charge in [0, 0.05) is 27.9 Å². The smallest absolute Gasteiger partial charge is 0.290 e. The third-order valence-electron chi connectivity index (χ3n) is 3.62. The van der Waals surface area contributed by atoms with E-state index in [4.69, 9.17) is 4.74 Å². The molecule has 29 heavy (non-hydrogen) atoms. The quantitative estimate of drug-likeness (QED) is 0.368. The fourth-order valence-electron chi connectivity index (χ4n) is 2.33. The van der Waals surface area contributed by atoms with Crippen LogP contribution in [0.2, 0.25) is 0 Å². The summed E-state index contributed by atoms with van der Waals surface area (Å²) in [4.78, 5) is 45.5. The minimum Gasteiger partial charge on any atom is -0.483 e. The fourth-order valence-corrected chi connectivity index (χ4v) is 3.38. The lowest BCUT2D eigenvalue weighted by molar-refractivity contribution is -0.384. The van der Waals surface area contributed by atoms with Crippen molar-refractivity contribution in [1.82, 2.24) is 5.32 Å². The van der Waals surface area contributed by atoms with Gasteiger partial charge in [-0.25, -0.2) is 0 Å². The van der Waals surface area contributed by atoms with E-state index < -0.39 is 22.0 Å². The first-order valence-corrected chi connectivity index (χ1v) is 9.64. The van der Waals surface area contributed by atoms with Crippen molar-refractivity contribution in [3.05, 3.63) is 67.5 Å². The topological polar surface area (TPSA) is 128 Å². The van der Waals surface area contributed by atoms with Gasteiger partial charge in [-0.15, -0.1) is 0 Å². The number of imide groups is 1. The lowest BCUT2D eigenvalue weighted by Crippen LogP contribution is -2.20. The number of carbonyl (C=O) groups is 3. The van der Waals surface area contributed by atoms with E-state index in [2.05, 4.69) is 26.6 Å². The molecule has 1 fully saturated rings. The Bertz CT molecular complexity index is 1040.